The van der Waals surface area contributed by atoms with Crippen molar-refractivity contribution in [2.24, 2.45) is 5.73 Å². The van der Waals surface area contributed by atoms with E-state index in [0.717, 1.165) is 16.4 Å². The molecule has 0 atom stereocenters. The number of carbonyl (C=O) groups is 1. The average Bonchev–Trinajstić information content (AvgIpc) is 3.25. The van der Waals surface area contributed by atoms with Gasteiger partial charge in [-0.05, 0) is 37.6 Å². The second kappa shape index (κ2) is 7.76. The van der Waals surface area contributed by atoms with Crippen LogP contribution in [0, 0.1) is 11.6 Å². The molecule has 2 heterocycles. The van der Waals surface area contributed by atoms with E-state index in [1.54, 1.807) is 38.1 Å². The molecule has 1 aliphatic heterocycles. The molecule has 1 amide bonds. The molecule has 0 saturated carbocycles. The highest BCUT2D eigenvalue weighted by molar-refractivity contribution is 7.89. The number of rotatable bonds is 5. The Morgan fingerprint density at radius 1 is 1.22 bits per heavy atom. The van der Waals surface area contributed by atoms with Crippen LogP contribution in [0.1, 0.15) is 41.0 Å². The van der Waals surface area contributed by atoms with E-state index in [1.807, 2.05) is 0 Å². The smallest absolute Gasteiger partial charge is 0.257 e. The lowest BCUT2D eigenvalue weighted by Gasteiger charge is -2.30. The molecule has 1 aliphatic rings. The average molecular weight is 461 g/mol. The molecule has 32 heavy (non-hydrogen) atoms. The van der Waals surface area contributed by atoms with Crippen molar-refractivity contribution < 1.29 is 22.0 Å². The number of halogens is 2. The van der Waals surface area contributed by atoms with E-state index < -0.39 is 38.0 Å². The molecule has 4 N–H and O–H groups in total. The zero-order chi connectivity index (χ0) is 23.3. The van der Waals surface area contributed by atoms with Gasteiger partial charge in [-0.3, -0.25) is 9.89 Å². The second-order valence-electron chi connectivity index (χ2n) is 7.92. The van der Waals surface area contributed by atoms with Gasteiger partial charge < -0.3 is 11.1 Å². The summed E-state index contributed by atoms with van der Waals surface area (Å²) in [6, 6.07) is 8.98. The number of hydrogen-bond donors (Lipinski definition) is 3. The Labute approximate surface area is 183 Å². The predicted molar refractivity (Wildman–Crippen MR) is 113 cm³/mol. The first-order valence-corrected chi connectivity index (χ1v) is 11.2. The third-order valence-electron chi connectivity index (χ3n) is 5.54. The van der Waals surface area contributed by atoms with Crippen LogP contribution in [0.2, 0.25) is 0 Å². The number of hydrogen-bond acceptors (Lipinski definition) is 5. The van der Waals surface area contributed by atoms with Crippen molar-refractivity contribution in [1.82, 2.24) is 14.5 Å². The third kappa shape index (κ3) is 3.57. The minimum Gasteiger partial charge on any atom is -0.326 e. The number of sulfonamides is 1. The minimum absolute atomic E-state index is 0.145. The van der Waals surface area contributed by atoms with E-state index in [-0.39, 0.29) is 18.9 Å². The first-order chi connectivity index (χ1) is 15.1. The normalized spacial score (nSPS) is 15.5. The number of anilines is 1. The first-order valence-electron chi connectivity index (χ1n) is 9.71. The van der Waals surface area contributed by atoms with Crippen molar-refractivity contribution in [3.05, 3.63) is 76.5 Å². The molecule has 168 valence electrons. The van der Waals surface area contributed by atoms with Crippen molar-refractivity contribution in [2.75, 3.05) is 5.32 Å². The van der Waals surface area contributed by atoms with E-state index >= 15 is 0 Å². The molecule has 0 spiro atoms. The van der Waals surface area contributed by atoms with Crippen molar-refractivity contribution in [3.8, 4) is 0 Å². The van der Waals surface area contributed by atoms with Gasteiger partial charge in [0, 0.05) is 30.3 Å². The number of nitrogens with two attached hydrogens (primary N) is 1. The van der Waals surface area contributed by atoms with Gasteiger partial charge in [0.25, 0.3) is 5.91 Å². The van der Waals surface area contributed by atoms with Gasteiger partial charge in [0.05, 0.1) is 16.1 Å². The molecule has 8 nitrogen and oxygen atoms in total. The van der Waals surface area contributed by atoms with Crippen molar-refractivity contribution in [3.63, 3.8) is 0 Å². The Hall–Kier alpha value is -3.15. The Bertz CT molecular complexity index is 1300. The fraction of sp³-hybridized carbons (Fsp3) is 0.238. The van der Waals surface area contributed by atoms with Crippen molar-refractivity contribution >= 4 is 21.7 Å². The standard InChI is InChI=1S/C21H21F2N5O3S/c1-21(2)18-17(11-28(21)32(30,31)15-8-13(22)7-14(23)9-15)19(27-26-18)25-20(29)16-6-4-3-5-12(16)10-24/h3-9H,10-11,24H2,1-2H3,(H2,25,26,27,29). The number of aromatic amines is 1. The van der Waals surface area contributed by atoms with E-state index in [4.69, 9.17) is 5.73 Å². The number of H-pyrrole nitrogens is 1. The van der Waals surface area contributed by atoms with Crippen LogP contribution in [0.25, 0.3) is 0 Å². The molecule has 0 saturated heterocycles. The summed E-state index contributed by atoms with van der Waals surface area (Å²) >= 11 is 0. The summed E-state index contributed by atoms with van der Waals surface area (Å²) in [5, 5.41) is 9.64. The number of amides is 1. The lowest BCUT2D eigenvalue weighted by atomic mass is 10.0. The Balaban J connectivity index is 1.67. The summed E-state index contributed by atoms with van der Waals surface area (Å²) in [6.45, 7) is 3.30. The summed E-state index contributed by atoms with van der Waals surface area (Å²) in [5.41, 5.74) is 6.56. The number of benzene rings is 2. The molecule has 0 bridgehead atoms. The second-order valence-corrected chi connectivity index (χ2v) is 9.78. The number of carbonyl (C=O) groups excluding carboxylic acids is 1. The first kappa shape index (κ1) is 22.1. The van der Waals surface area contributed by atoms with Crippen LogP contribution in [0.4, 0.5) is 14.6 Å². The molecule has 11 heteroatoms. The van der Waals surface area contributed by atoms with E-state index in [0.29, 0.717) is 28.5 Å². The summed E-state index contributed by atoms with van der Waals surface area (Å²) in [4.78, 5) is 12.3. The zero-order valence-electron chi connectivity index (χ0n) is 17.3. The molecule has 0 fully saturated rings. The highest BCUT2D eigenvalue weighted by Crippen LogP contribution is 2.43. The summed E-state index contributed by atoms with van der Waals surface area (Å²) < 4.78 is 54.9. The minimum atomic E-state index is -4.26. The lowest BCUT2D eigenvalue weighted by molar-refractivity contribution is 0.102. The molecule has 0 unspecified atom stereocenters. The fourth-order valence-electron chi connectivity index (χ4n) is 3.88. The summed E-state index contributed by atoms with van der Waals surface area (Å²) in [5.74, 6) is -2.25. The number of nitrogens with one attached hydrogen (secondary N) is 2. The number of fused-ring (bicyclic) bond motifs is 1. The highest BCUT2D eigenvalue weighted by Gasteiger charge is 2.48. The molecule has 1 aromatic heterocycles. The molecule has 2 aromatic carbocycles. The highest BCUT2D eigenvalue weighted by atomic mass is 32.2. The predicted octanol–water partition coefficient (Wildman–Crippen LogP) is 2.84. The molecular formula is C21H21F2N5O3S. The maximum absolute atomic E-state index is 13.7. The quantitative estimate of drug-likeness (QED) is 0.540. The molecule has 0 radical (unpaired) electrons. The number of aromatic nitrogens is 2. The van der Waals surface area contributed by atoms with Crippen LogP contribution in [-0.2, 0) is 28.7 Å². The van der Waals surface area contributed by atoms with E-state index in [1.165, 1.54) is 0 Å². The Morgan fingerprint density at radius 3 is 2.53 bits per heavy atom. The van der Waals surface area contributed by atoms with Gasteiger partial charge in [0.15, 0.2) is 5.82 Å². The van der Waals surface area contributed by atoms with Gasteiger partial charge in [0.1, 0.15) is 11.6 Å². The van der Waals surface area contributed by atoms with Crippen LogP contribution in [0.15, 0.2) is 47.4 Å². The van der Waals surface area contributed by atoms with Crippen LogP contribution < -0.4 is 11.1 Å². The Morgan fingerprint density at radius 2 is 1.88 bits per heavy atom. The largest absolute Gasteiger partial charge is 0.326 e. The van der Waals surface area contributed by atoms with Gasteiger partial charge in [-0.15, -0.1) is 0 Å². The van der Waals surface area contributed by atoms with Gasteiger partial charge in [-0.25, -0.2) is 17.2 Å². The van der Waals surface area contributed by atoms with Crippen LogP contribution in [-0.4, -0.2) is 28.8 Å². The van der Waals surface area contributed by atoms with Crippen LogP contribution in [0.5, 0.6) is 0 Å². The molecule has 3 aromatic rings. The SMILES string of the molecule is CC1(C)c2[nH]nc(NC(=O)c3ccccc3CN)c2CN1S(=O)(=O)c1cc(F)cc(F)c1. The molecular weight excluding hydrogens is 440 g/mol. The molecule has 0 aliphatic carbocycles. The summed E-state index contributed by atoms with van der Waals surface area (Å²) in [6.07, 6.45) is 0. The van der Waals surface area contributed by atoms with Crippen LogP contribution >= 0.6 is 0 Å². The monoisotopic (exact) mass is 461 g/mol. The van der Waals surface area contributed by atoms with Gasteiger partial charge in [0.2, 0.25) is 10.0 Å². The molecule has 4 rings (SSSR count). The summed E-state index contributed by atoms with van der Waals surface area (Å²) in [7, 11) is -4.26. The maximum atomic E-state index is 13.7. The zero-order valence-corrected chi connectivity index (χ0v) is 18.1. The lowest BCUT2D eigenvalue weighted by Crippen LogP contribution is -2.40. The van der Waals surface area contributed by atoms with Crippen molar-refractivity contribution in [2.45, 2.75) is 37.4 Å². The van der Waals surface area contributed by atoms with Crippen LogP contribution in [0.3, 0.4) is 0 Å². The van der Waals surface area contributed by atoms with Crippen molar-refractivity contribution in [1.29, 1.82) is 0 Å². The number of nitrogens with zero attached hydrogens (tertiary/aromatic N) is 2. The van der Waals surface area contributed by atoms with E-state index in [2.05, 4.69) is 15.5 Å². The van der Waals surface area contributed by atoms with Gasteiger partial charge in [-0.2, -0.15) is 9.40 Å². The fourth-order valence-corrected chi connectivity index (χ4v) is 5.65. The third-order valence-corrected chi connectivity index (χ3v) is 7.54. The Kier molecular flexibility index (Phi) is 5.35. The van der Waals surface area contributed by atoms with E-state index in [9.17, 15) is 22.0 Å². The van der Waals surface area contributed by atoms with Gasteiger partial charge in [-0.1, -0.05) is 18.2 Å². The maximum Gasteiger partial charge on any atom is 0.257 e. The topological polar surface area (TPSA) is 121 Å². The van der Waals surface area contributed by atoms with Gasteiger partial charge >= 0.3 is 0 Å².